The Kier molecular flexibility index (Phi) is 1.77. The van der Waals surface area contributed by atoms with Crippen LogP contribution in [0, 0.1) is 5.92 Å². The fourth-order valence-corrected chi connectivity index (χ4v) is 1.66. The van der Waals surface area contributed by atoms with E-state index in [-0.39, 0.29) is 12.5 Å². The summed E-state index contributed by atoms with van der Waals surface area (Å²) in [7, 11) is 0. The summed E-state index contributed by atoms with van der Waals surface area (Å²) in [6.07, 6.45) is 1.27. The van der Waals surface area contributed by atoms with Gasteiger partial charge in [0.1, 0.15) is 12.0 Å². The Morgan fingerprint density at radius 2 is 2.50 bits per heavy atom. The Hall–Kier alpha value is -1.85. The molecule has 1 amide bonds. The van der Waals surface area contributed by atoms with Gasteiger partial charge in [0.2, 0.25) is 0 Å². The smallest absolute Gasteiger partial charge is 0.312 e. The van der Waals surface area contributed by atoms with Crippen molar-refractivity contribution in [1.29, 1.82) is 0 Å². The average Bonchev–Trinajstić information content (AvgIpc) is 2.45. The van der Waals surface area contributed by atoms with E-state index in [9.17, 15) is 9.59 Å². The summed E-state index contributed by atoms with van der Waals surface area (Å²) >= 11 is 0. The highest BCUT2D eigenvalue weighted by atomic mass is 16.4. The van der Waals surface area contributed by atoms with Crippen molar-refractivity contribution in [2.75, 3.05) is 6.54 Å². The predicted molar refractivity (Wildman–Crippen MR) is 47.2 cm³/mol. The van der Waals surface area contributed by atoms with Crippen LogP contribution in [0.1, 0.15) is 6.92 Å². The molecule has 14 heavy (non-hydrogen) atoms. The van der Waals surface area contributed by atoms with Crippen LogP contribution in [0.15, 0.2) is 16.4 Å². The number of aliphatic carboxylic acids is 1. The van der Waals surface area contributed by atoms with Crippen LogP contribution in [0.5, 0.6) is 0 Å². The number of carbonyl (C=O) groups excluding carboxylic acids is 1. The first-order valence-corrected chi connectivity index (χ1v) is 4.15. The second kappa shape index (κ2) is 2.83. The number of nitrogens with one attached hydrogen (secondary N) is 1. The normalized spacial score (nSPS) is 25.1. The summed E-state index contributed by atoms with van der Waals surface area (Å²) in [6, 6.07) is 0. The molecular formula is C8H9N3O3. The highest BCUT2D eigenvalue weighted by molar-refractivity contribution is 6.02. The van der Waals surface area contributed by atoms with Crippen molar-refractivity contribution in [2.45, 2.75) is 6.92 Å². The minimum Gasteiger partial charge on any atom is -0.481 e. The van der Waals surface area contributed by atoms with Gasteiger partial charge in [-0.1, -0.05) is 0 Å². The maximum atomic E-state index is 11.4. The van der Waals surface area contributed by atoms with Gasteiger partial charge < -0.3 is 10.4 Å². The number of carboxylic acid groups (broad SMARTS) is 1. The van der Waals surface area contributed by atoms with Gasteiger partial charge in [-0.2, -0.15) is 5.10 Å². The summed E-state index contributed by atoms with van der Waals surface area (Å²) in [5.74, 6) is -1.85. The third kappa shape index (κ3) is 1.07. The van der Waals surface area contributed by atoms with E-state index in [4.69, 9.17) is 5.11 Å². The second-order valence-electron chi connectivity index (χ2n) is 3.22. The van der Waals surface area contributed by atoms with Crippen molar-refractivity contribution in [3.63, 3.8) is 0 Å². The van der Waals surface area contributed by atoms with Crippen molar-refractivity contribution in [3.05, 3.63) is 11.3 Å². The van der Waals surface area contributed by atoms with Crippen molar-refractivity contribution in [2.24, 2.45) is 11.0 Å². The SMILES string of the molecule is CC1=C2C(=O)NC=NN2CC1C(=O)O. The van der Waals surface area contributed by atoms with E-state index >= 15 is 0 Å². The van der Waals surface area contributed by atoms with Crippen molar-refractivity contribution in [3.8, 4) is 0 Å². The molecule has 2 rings (SSSR count). The molecule has 0 aliphatic carbocycles. The molecule has 2 aliphatic rings. The molecule has 6 heteroatoms. The van der Waals surface area contributed by atoms with E-state index < -0.39 is 11.9 Å². The topological polar surface area (TPSA) is 82.0 Å². The lowest BCUT2D eigenvalue weighted by Crippen LogP contribution is -2.35. The van der Waals surface area contributed by atoms with Gasteiger partial charge in [0.05, 0.1) is 12.5 Å². The van der Waals surface area contributed by atoms with Crippen molar-refractivity contribution < 1.29 is 14.7 Å². The van der Waals surface area contributed by atoms with E-state index in [1.54, 1.807) is 6.92 Å². The fraction of sp³-hybridized carbons (Fsp3) is 0.375. The molecule has 2 heterocycles. The van der Waals surface area contributed by atoms with E-state index in [1.165, 1.54) is 11.3 Å². The lowest BCUT2D eigenvalue weighted by Gasteiger charge is -2.18. The summed E-state index contributed by atoms with van der Waals surface area (Å²) < 4.78 is 0. The van der Waals surface area contributed by atoms with Gasteiger partial charge in [0.25, 0.3) is 5.91 Å². The molecule has 2 N–H and O–H groups in total. The Morgan fingerprint density at radius 1 is 1.79 bits per heavy atom. The number of rotatable bonds is 1. The first kappa shape index (κ1) is 8.74. The standard InChI is InChI=1S/C8H9N3O3/c1-4-5(8(13)14)2-11-6(4)7(12)9-3-10-11/h3,5H,2H2,1H3,(H,13,14)(H,9,10,12). The minimum atomic E-state index is -0.924. The maximum absolute atomic E-state index is 11.4. The predicted octanol–water partition coefficient (Wildman–Crippen LogP) is -0.650. The minimum absolute atomic E-state index is 0.237. The molecule has 1 unspecified atom stereocenters. The Bertz CT molecular complexity index is 372. The van der Waals surface area contributed by atoms with Gasteiger partial charge in [-0.15, -0.1) is 0 Å². The molecule has 0 radical (unpaired) electrons. The van der Waals surface area contributed by atoms with Crippen LogP contribution in [-0.2, 0) is 9.59 Å². The van der Waals surface area contributed by atoms with Gasteiger partial charge in [-0.25, -0.2) is 0 Å². The summed E-state index contributed by atoms with van der Waals surface area (Å²) in [6.45, 7) is 1.88. The Labute approximate surface area is 79.9 Å². The number of carbonyl (C=O) groups is 2. The lowest BCUT2D eigenvalue weighted by molar-refractivity contribution is -0.140. The van der Waals surface area contributed by atoms with Crippen LogP contribution >= 0.6 is 0 Å². The molecule has 0 saturated heterocycles. The van der Waals surface area contributed by atoms with Crippen LogP contribution in [0.3, 0.4) is 0 Å². The summed E-state index contributed by atoms with van der Waals surface area (Å²) in [5.41, 5.74) is 0.923. The molecular weight excluding hydrogens is 186 g/mol. The summed E-state index contributed by atoms with van der Waals surface area (Å²) in [5, 5.41) is 16.6. The van der Waals surface area contributed by atoms with Gasteiger partial charge >= 0.3 is 5.97 Å². The van der Waals surface area contributed by atoms with Gasteiger partial charge in [0.15, 0.2) is 0 Å². The zero-order valence-corrected chi connectivity index (χ0v) is 7.52. The molecule has 0 fully saturated rings. The third-order valence-corrected chi connectivity index (χ3v) is 2.42. The van der Waals surface area contributed by atoms with Crippen LogP contribution in [-0.4, -0.2) is 34.9 Å². The third-order valence-electron chi connectivity index (χ3n) is 2.42. The highest BCUT2D eigenvalue weighted by Crippen LogP contribution is 2.29. The quantitative estimate of drug-likeness (QED) is 0.582. The summed E-state index contributed by atoms with van der Waals surface area (Å²) in [4.78, 5) is 22.2. The largest absolute Gasteiger partial charge is 0.481 e. The van der Waals surface area contributed by atoms with Crippen molar-refractivity contribution in [1.82, 2.24) is 10.3 Å². The Balaban J connectivity index is 2.41. The zero-order valence-electron chi connectivity index (χ0n) is 7.52. The van der Waals surface area contributed by atoms with E-state index in [0.29, 0.717) is 11.3 Å². The Morgan fingerprint density at radius 3 is 3.07 bits per heavy atom. The highest BCUT2D eigenvalue weighted by Gasteiger charge is 2.37. The fourth-order valence-electron chi connectivity index (χ4n) is 1.66. The van der Waals surface area contributed by atoms with E-state index in [1.807, 2.05) is 0 Å². The van der Waals surface area contributed by atoms with Crippen LogP contribution in [0.4, 0.5) is 0 Å². The zero-order chi connectivity index (χ0) is 10.3. The number of fused-ring (bicyclic) bond motifs is 1. The number of carboxylic acids is 1. The number of hydrazone groups is 1. The molecule has 6 nitrogen and oxygen atoms in total. The molecule has 0 aromatic rings. The van der Waals surface area contributed by atoms with Crippen LogP contribution in [0.25, 0.3) is 0 Å². The molecule has 0 aromatic carbocycles. The van der Waals surface area contributed by atoms with Gasteiger partial charge in [-0.3, -0.25) is 14.6 Å². The van der Waals surface area contributed by atoms with Crippen LogP contribution < -0.4 is 5.32 Å². The number of hydrogen-bond acceptors (Lipinski definition) is 4. The first-order valence-electron chi connectivity index (χ1n) is 4.15. The number of nitrogens with zero attached hydrogens (tertiary/aromatic N) is 2. The van der Waals surface area contributed by atoms with E-state index in [0.717, 1.165) is 0 Å². The first-order chi connectivity index (χ1) is 6.61. The van der Waals surface area contributed by atoms with Gasteiger partial charge in [-0.05, 0) is 12.5 Å². The molecule has 1 atom stereocenters. The average molecular weight is 195 g/mol. The molecule has 0 saturated carbocycles. The van der Waals surface area contributed by atoms with Gasteiger partial charge in [0, 0.05) is 0 Å². The molecule has 2 aliphatic heterocycles. The lowest BCUT2D eigenvalue weighted by atomic mass is 10.0. The number of hydrogen-bond donors (Lipinski definition) is 2. The van der Waals surface area contributed by atoms with E-state index in [2.05, 4.69) is 10.4 Å². The maximum Gasteiger partial charge on any atom is 0.312 e. The van der Waals surface area contributed by atoms with Crippen LogP contribution in [0.2, 0.25) is 0 Å². The molecule has 0 spiro atoms. The molecule has 74 valence electrons. The van der Waals surface area contributed by atoms with Crippen molar-refractivity contribution >= 4 is 18.2 Å². The number of amides is 1. The molecule has 0 aromatic heterocycles. The molecule has 0 bridgehead atoms. The monoisotopic (exact) mass is 195 g/mol. The second-order valence-corrected chi connectivity index (χ2v) is 3.22.